The van der Waals surface area contributed by atoms with E-state index in [0.717, 1.165) is 17.9 Å². The van der Waals surface area contributed by atoms with Crippen LogP contribution in [-0.2, 0) is 6.42 Å². The molecule has 0 bridgehead atoms. The van der Waals surface area contributed by atoms with Crippen molar-refractivity contribution in [3.8, 4) is 0 Å². The van der Waals surface area contributed by atoms with Gasteiger partial charge in [-0.1, -0.05) is 12.1 Å². The predicted molar refractivity (Wildman–Crippen MR) is 91.9 cm³/mol. The van der Waals surface area contributed by atoms with Crippen LogP contribution >= 0.6 is 0 Å². The minimum absolute atomic E-state index is 0.106. The van der Waals surface area contributed by atoms with Crippen LogP contribution in [0, 0.1) is 5.92 Å². The SMILES string of the molecule is CN(C)C(=O)c1cccc(N2C[C@@H](Cc3ccccn3)[C@H](O)C2)n1. The summed E-state index contributed by atoms with van der Waals surface area (Å²) in [6, 6.07) is 11.2. The number of nitrogens with zero attached hydrogens (tertiary/aromatic N) is 4. The monoisotopic (exact) mass is 326 g/mol. The van der Waals surface area contributed by atoms with Crippen molar-refractivity contribution >= 4 is 11.7 Å². The predicted octanol–water partition coefficient (Wildman–Crippen LogP) is 1.22. The lowest BCUT2D eigenvalue weighted by Gasteiger charge is -2.18. The zero-order valence-electron chi connectivity index (χ0n) is 14.0. The normalized spacial score (nSPS) is 20.2. The molecule has 3 rings (SSSR count). The van der Waals surface area contributed by atoms with Gasteiger partial charge in [-0.25, -0.2) is 4.98 Å². The highest BCUT2D eigenvalue weighted by atomic mass is 16.3. The van der Waals surface area contributed by atoms with Gasteiger partial charge in [-0.3, -0.25) is 9.78 Å². The molecule has 1 saturated heterocycles. The van der Waals surface area contributed by atoms with Crippen LogP contribution in [0.25, 0.3) is 0 Å². The number of hydrogen-bond acceptors (Lipinski definition) is 5. The summed E-state index contributed by atoms with van der Waals surface area (Å²) in [5.41, 5.74) is 1.40. The largest absolute Gasteiger partial charge is 0.391 e. The van der Waals surface area contributed by atoms with Crippen molar-refractivity contribution in [3.63, 3.8) is 0 Å². The molecule has 2 aromatic rings. The first-order valence-electron chi connectivity index (χ1n) is 8.06. The van der Waals surface area contributed by atoms with E-state index >= 15 is 0 Å². The molecule has 1 fully saturated rings. The molecule has 3 heterocycles. The third-order valence-corrected chi connectivity index (χ3v) is 4.29. The number of β-amino-alcohol motifs (C(OH)–C–C–N with tert-alkyl or cyclic N) is 1. The first kappa shape index (κ1) is 16.4. The highest BCUT2D eigenvalue weighted by Gasteiger charge is 2.32. The zero-order valence-corrected chi connectivity index (χ0v) is 14.0. The van der Waals surface area contributed by atoms with Crippen LogP contribution in [0.2, 0.25) is 0 Å². The molecule has 0 spiro atoms. The molecule has 0 unspecified atom stereocenters. The second-order valence-corrected chi connectivity index (χ2v) is 6.34. The number of aromatic nitrogens is 2. The van der Waals surface area contributed by atoms with E-state index in [1.807, 2.05) is 35.2 Å². The number of carbonyl (C=O) groups is 1. The Labute approximate surface area is 141 Å². The van der Waals surface area contributed by atoms with Gasteiger partial charge in [0.25, 0.3) is 5.91 Å². The minimum Gasteiger partial charge on any atom is -0.391 e. The van der Waals surface area contributed by atoms with E-state index in [-0.39, 0.29) is 11.8 Å². The molecule has 6 heteroatoms. The summed E-state index contributed by atoms with van der Waals surface area (Å²) in [5.74, 6) is 0.710. The average Bonchev–Trinajstić information content (AvgIpc) is 2.96. The first-order valence-corrected chi connectivity index (χ1v) is 8.06. The summed E-state index contributed by atoms with van der Waals surface area (Å²) >= 11 is 0. The van der Waals surface area contributed by atoms with Gasteiger partial charge in [0.05, 0.1) is 6.10 Å². The fourth-order valence-electron chi connectivity index (χ4n) is 2.98. The third kappa shape index (κ3) is 3.54. The maximum absolute atomic E-state index is 12.1. The van der Waals surface area contributed by atoms with Gasteiger partial charge in [-0.15, -0.1) is 0 Å². The minimum atomic E-state index is -0.429. The number of aliphatic hydroxyl groups excluding tert-OH is 1. The van der Waals surface area contributed by atoms with Crippen molar-refractivity contribution in [3.05, 3.63) is 54.0 Å². The van der Waals surface area contributed by atoms with Gasteiger partial charge >= 0.3 is 0 Å². The smallest absolute Gasteiger partial charge is 0.272 e. The van der Waals surface area contributed by atoms with Crippen LogP contribution in [0.5, 0.6) is 0 Å². The van der Waals surface area contributed by atoms with Crippen molar-refractivity contribution < 1.29 is 9.90 Å². The summed E-state index contributed by atoms with van der Waals surface area (Å²) < 4.78 is 0. The van der Waals surface area contributed by atoms with Gasteiger partial charge in [-0.2, -0.15) is 0 Å². The van der Waals surface area contributed by atoms with E-state index in [2.05, 4.69) is 9.97 Å². The Morgan fingerprint density at radius 2 is 2.08 bits per heavy atom. The number of anilines is 1. The van der Waals surface area contributed by atoms with E-state index in [4.69, 9.17) is 0 Å². The molecule has 0 saturated carbocycles. The Balaban J connectivity index is 1.72. The van der Waals surface area contributed by atoms with Gasteiger partial charge in [0.1, 0.15) is 11.5 Å². The highest BCUT2D eigenvalue weighted by molar-refractivity contribution is 5.92. The van der Waals surface area contributed by atoms with Crippen LogP contribution in [0.1, 0.15) is 16.2 Å². The number of amides is 1. The van der Waals surface area contributed by atoms with E-state index in [0.29, 0.717) is 18.8 Å². The number of carbonyl (C=O) groups excluding carboxylic acids is 1. The summed E-state index contributed by atoms with van der Waals surface area (Å²) in [6.07, 6.45) is 2.07. The van der Waals surface area contributed by atoms with Crippen LogP contribution in [-0.4, -0.2) is 59.2 Å². The molecule has 1 aliphatic rings. The van der Waals surface area contributed by atoms with Gasteiger partial charge in [0, 0.05) is 45.0 Å². The number of hydrogen-bond donors (Lipinski definition) is 1. The number of aliphatic hydroxyl groups is 1. The molecular weight excluding hydrogens is 304 g/mol. The molecule has 6 nitrogen and oxygen atoms in total. The molecule has 2 atom stereocenters. The number of pyridine rings is 2. The lowest BCUT2D eigenvalue weighted by Crippen LogP contribution is -2.26. The Hall–Kier alpha value is -2.47. The Morgan fingerprint density at radius 3 is 2.79 bits per heavy atom. The Kier molecular flexibility index (Phi) is 4.76. The topological polar surface area (TPSA) is 69.6 Å². The standard InChI is InChI=1S/C18H22N4O2/c1-21(2)18(24)15-7-5-8-17(20-15)22-11-13(16(23)12-22)10-14-6-3-4-9-19-14/h3-9,13,16,23H,10-12H2,1-2H3/t13-,16-/m1/s1. The van der Waals surface area contributed by atoms with Crippen LogP contribution < -0.4 is 4.90 Å². The maximum atomic E-state index is 12.1. The summed E-state index contributed by atoms with van der Waals surface area (Å²) in [7, 11) is 3.42. The fraction of sp³-hybridized carbons (Fsp3) is 0.389. The van der Waals surface area contributed by atoms with Crippen molar-refractivity contribution in [2.75, 3.05) is 32.1 Å². The van der Waals surface area contributed by atoms with Crippen molar-refractivity contribution in [1.29, 1.82) is 0 Å². The summed E-state index contributed by atoms with van der Waals surface area (Å²) in [5, 5.41) is 10.4. The molecular formula is C18H22N4O2. The van der Waals surface area contributed by atoms with Crippen molar-refractivity contribution in [1.82, 2.24) is 14.9 Å². The number of rotatable bonds is 4. The van der Waals surface area contributed by atoms with Gasteiger partial charge in [0.2, 0.25) is 0 Å². The van der Waals surface area contributed by atoms with Crippen molar-refractivity contribution in [2.45, 2.75) is 12.5 Å². The second kappa shape index (κ2) is 6.97. The quantitative estimate of drug-likeness (QED) is 0.915. The Morgan fingerprint density at radius 1 is 1.25 bits per heavy atom. The van der Waals surface area contributed by atoms with E-state index in [9.17, 15) is 9.90 Å². The van der Waals surface area contributed by atoms with Crippen LogP contribution in [0.3, 0.4) is 0 Å². The molecule has 1 N–H and O–H groups in total. The molecule has 126 valence electrons. The van der Waals surface area contributed by atoms with E-state index < -0.39 is 6.10 Å². The maximum Gasteiger partial charge on any atom is 0.272 e. The second-order valence-electron chi connectivity index (χ2n) is 6.34. The van der Waals surface area contributed by atoms with Gasteiger partial charge in [0.15, 0.2) is 0 Å². The lowest BCUT2D eigenvalue weighted by molar-refractivity contribution is 0.0822. The van der Waals surface area contributed by atoms with Crippen LogP contribution in [0.15, 0.2) is 42.6 Å². The molecule has 2 aromatic heterocycles. The summed E-state index contributed by atoms with van der Waals surface area (Å²) in [4.78, 5) is 24.4. The van der Waals surface area contributed by atoms with E-state index in [1.165, 1.54) is 4.90 Å². The van der Waals surface area contributed by atoms with E-state index in [1.54, 1.807) is 26.4 Å². The third-order valence-electron chi connectivity index (χ3n) is 4.29. The van der Waals surface area contributed by atoms with Gasteiger partial charge < -0.3 is 14.9 Å². The molecule has 1 amide bonds. The molecule has 0 radical (unpaired) electrons. The van der Waals surface area contributed by atoms with Crippen molar-refractivity contribution in [2.24, 2.45) is 5.92 Å². The molecule has 24 heavy (non-hydrogen) atoms. The molecule has 0 aliphatic carbocycles. The zero-order chi connectivity index (χ0) is 17.1. The fourth-order valence-corrected chi connectivity index (χ4v) is 2.98. The summed E-state index contributed by atoms with van der Waals surface area (Å²) in [6.45, 7) is 1.22. The molecule has 1 aliphatic heterocycles. The Bertz CT molecular complexity index is 705. The van der Waals surface area contributed by atoms with Crippen LogP contribution in [0.4, 0.5) is 5.82 Å². The first-order chi connectivity index (χ1) is 11.5. The molecule has 0 aromatic carbocycles. The lowest BCUT2D eigenvalue weighted by atomic mass is 10.00. The van der Waals surface area contributed by atoms with Gasteiger partial charge in [-0.05, 0) is 30.7 Å². The highest BCUT2D eigenvalue weighted by Crippen LogP contribution is 2.25. The average molecular weight is 326 g/mol.